The summed E-state index contributed by atoms with van der Waals surface area (Å²) in [5, 5.41) is 8.67. The molecule has 0 amide bonds. The second-order valence-electron chi connectivity index (χ2n) is 2.20. The van der Waals surface area contributed by atoms with E-state index in [0.29, 0.717) is 17.2 Å². The lowest BCUT2D eigenvalue weighted by molar-refractivity contribution is -0.132. The van der Waals surface area contributed by atoms with Crippen LogP contribution in [0.4, 0.5) is 0 Å². The molecule has 1 aliphatic heterocycles. The number of nitrogens with zero attached hydrogens (tertiary/aromatic N) is 1. The Kier molecular flexibility index (Phi) is 1.35. The Morgan fingerprint density at radius 3 is 3.18 bits per heavy atom. The Hall–Kier alpha value is -1.03. The van der Waals surface area contributed by atoms with Crippen LogP contribution in [0.3, 0.4) is 0 Å². The highest BCUT2D eigenvalue weighted by Gasteiger charge is 2.25. The Morgan fingerprint density at radius 2 is 2.45 bits per heavy atom. The molecule has 11 heavy (non-hydrogen) atoms. The van der Waals surface area contributed by atoms with Crippen molar-refractivity contribution >= 4 is 23.4 Å². The summed E-state index contributed by atoms with van der Waals surface area (Å²) >= 11 is 1.58. The number of fused-ring (bicyclic) bond motifs is 1. The molecule has 0 aromatic rings. The van der Waals surface area contributed by atoms with Gasteiger partial charge in [0.25, 0.3) is 0 Å². The fourth-order valence-corrected chi connectivity index (χ4v) is 1.88. The summed E-state index contributed by atoms with van der Waals surface area (Å²) < 4.78 is 0. The molecule has 0 aromatic carbocycles. The zero-order chi connectivity index (χ0) is 7.84. The number of hydrogen-bond donors (Lipinski definition) is 1. The third-order valence-electron chi connectivity index (χ3n) is 1.56. The molecule has 2 rings (SSSR count). The van der Waals surface area contributed by atoms with Crippen molar-refractivity contribution in [1.29, 1.82) is 0 Å². The highest BCUT2D eigenvalue weighted by atomic mass is 32.2. The van der Waals surface area contributed by atoms with Gasteiger partial charge in [-0.3, -0.25) is 4.99 Å². The van der Waals surface area contributed by atoms with E-state index in [-0.39, 0.29) is 0 Å². The van der Waals surface area contributed by atoms with Crippen molar-refractivity contribution in [2.75, 3.05) is 5.88 Å². The number of carboxylic acid groups (broad SMARTS) is 1. The highest BCUT2D eigenvalue weighted by Crippen LogP contribution is 2.32. The van der Waals surface area contributed by atoms with Gasteiger partial charge in [-0.1, -0.05) is 0 Å². The molecule has 0 unspecified atom stereocenters. The van der Waals surface area contributed by atoms with Crippen LogP contribution >= 0.6 is 11.8 Å². The van der Waals surface area contributed by atoms with E-state index in [0.717, 1.165) is 4.91 Å². The maximum atomic E-state index is 10.6. The van der Waals surface area contributed by atoms with Crippen molar-refractivity contribution in [3.05, 3.63) is 22.6 Å². The number of aliphatic carboxylic acids is 1. The smallest absolute Gasteiger partial charge is 0.337 e. The zero-order valence-corrected chi connectivity index (χ0v) is 6.39. The Balaban J connectivity index is 2.38. The number of allylic oxidation sites excluding steroid dienone is 3. The van der Waals surface area contributed by atoms with E-state index in [2.05, 4.69) is 4.99 Å². The molecule has 3 nitrogen and oxygen atoms in total. The highest BCUT2D eigenvalue weighted by molar-refractivity contribution is 8.04. The molecule has 0 saturated heterocycles. The second kappa shape index (κ2) is 2.23. The van der Waals surface area contributed by atoms with Gasteiger partial charge >= 0.3 is 5.97 Å². The summed E-state index contributed by atoms with van der Waals surface area (Å²) in [7, 11) is 0. The van der Waals surface area contributed by atoms with E-state index in [1.54, 1.807) is 23.9 Å². The van der Waals surface area contributed by atoms with Crippen LogP contribution in [0, 0.1) is 0 Å². The molecular weight excluding hydrogens is 162 g/mol. The van der Waals surface area contributed by atoms with Gasteiger partial charge in [0.15, 0.2) is 0 Å². The van der Waals surface area contributed by atoms with Crippen molar-refractivity contribution < 1.29 is 9.90 Å². The van der Waals surface area contributed by atoms with Crippen molar-refractivity contribution in [2.24, 2.45) is 4.99 Å². The van der Waals surface area contributed by atoms with E-state index < -0.39 is 5.97 Å². The van der Waals surface area contributed by atoms with Crippen LogP contribution in [0.2, 0.25) is 0 Å². The van der Waals surface area contributed by atoms with E-state index >= 15 is 0 Å². The molecule has 0 atom stereocenters. The number of thioether (sulfide) groups is 1. The minimum absolute atomic E-state index is 0.324. The minimum Gasteiger partial charge on any atom is -0.478 e. The number of hydrogen-bond acceptors (Lipinski definition) is 3. The first-order chi connectivity index (χ1) is 5.29. The van der Waals surface area contributed by atoms with Gasteiger partial charge in [-0.2, -0.15) is 0 Å². The molecule has 0 bridgehead atoms. The van der Waals surface area contributed by atoms with Crippen LogP contribution in [-0.4, -0.2) is 22.7 Å². The summed E-state index contributed by atoms with van der Waals surface area (Å²) in [5.41, 5.74) is 0.979. The molecule has 0 saturated carbocycles. The normalized spacial score (nSPS) is 20.5. The molecule has 1 N–H and O–H groups in total. The van der Waals surface area contributed by atoms with Crippen LogP contribution < -0.4 is 0 Å². The molecule has 0 spiro atoms. The van der Waals surface area contributed by atoms with Crippen molar-refractivity contribution in [2.45, 2.75) is 0 Å². The lowest BCUT2D eigenvalue weighted by Crippen LogP contribution is -2.07. The second-order valence-corrected chi connectivity index (χ2v) is 3.18. The molecule has 0 fully saturated rings. The monoisotopic (exact) mass is 167 g/mol. The van der Waals surface area contributed by atoms with Gasteiger partial charge in [0.05, 0.1) is 17.2 Å². The standard InChI is InChI=1S/C7H5NO2S/c9-7(10)4-1-2-5-6(4)8-3-11-5/h1-2H,3H2,(H,9,10). The Morgan fingerprint density at radius 1 is 1.64 bits per heavy atom. The Bertz CT molecular complexity index is 314. The van der Waals surface area contributed by atoms with Gasteiger partial charge in [0.2, 0.25) is 0 Å². The zero-order valence-electron chi connectivity index (χ0n) is 5.57. The SMILES string of the molecule is O=C(O)C1=CC=C2SCN=C21. The van der Waals surface area contributed by atoms with Gasteiger partial charge in [0.1, 0.15) is 0 Å². The van der Waals surface area contributed by atoms with E-state index in [1.165, 1.54) is 0 Å². The first-order valence-corrected chi connectivity index (χ1v) is 4.11. The molecule has 2 aliphatic rings. The van der Waals surface area contributed by atoms with Crippen LogP contribution in [0.15, 0.2) is 27.6 Å². The summed E-state index contributed by atoms with van der Waals surface area (Å²) in [4.78, 5) is 15.6. The van der Waals surface area contributed by atoms with Crippen LogP contribution in [0.25, 0.3) is 0 Å². The fraction of sp³-hybridized carbons (Fsp3) is 0.143. The predicted molar refractivity (Wildman–Crippen MR) is 43.7 cm³/mol. The quantitative estimate of drug-likeness (QED) is 0.634. The molecular formula is C7H5NO2S. The molecule has 4 heteroatoms. The predicted octanol–water partition coefficient (Wildman–Crippen LogP) is 1.04. The van der Waals surface area contributed by atoms with Crippen molar-refractivity contribution in [3.63, 3.8) is 0 Å². The molecule has 0 aromatic heterocycles. The average Bonchev–Trinajstić information content (AvgIpc) is 2.41. The number of carboxylic acids is 1. The summed E-state index contributed by atoms with van der Waals surface area (Å²) in [6, 6.07) is 0. The first-order valence-electron chi connectivity index (χ1n) is 3.12. The van der Waals surface area contributed by atoms with Crippen LogP contribution in [-0.2, 0) is 4.79 Å². The van der Waals surface area contributed by atoms with Crippen LogP contribution in [0.1, 0.15) is 0 Å². The van der Waals surface area contributed by atoms with Crippen LogP contribution in [0.5, 0.6) is 0 Å². The number of rotatable bonds is 1. The van der Waals surface area contributed by atoms with E-state index in [1.807, 2.05) is 0 Å². The van der Waals surface area contributed by atoms with Gasteiger partial charge in [-0.15, -0.1) is 11.8 Å². The Labute approximate surface area is 67.5 Å². The van der Waals surface area contributed by atoms with Crippen molar-refractivity contribution in [3.8, 4) is 0 Å². The van der Waals surface area contributed by atoms with Gasteiger partial charge < -0.3 is 5.11 Å². The first kappa shape index (κ1) is 6.67. The molecule has 0 radical (unpaired) electrons. The lowest BCUT2D eigenvalue weighted by atomic mass is 10.2. The maximum Gasteiger partial charge on any atom is 0.337 e. The van der Waals surface area contributed by atoms with E-state index in [9.17, 15) is 4.79 Å². The van der Waals surface area contributed by atoms with E-state index in [4.69, 9.17) is 5.11 Å². The average molecular weight is 167 g/mol. The van der Waals surface area contributed by atoms with Gasteiger partial charge in [-0.05, 0) is 12.2 Å². The van der Waals surface area contributed by atoms with Gasteiger partial charge in [-0.25, -0.2) is 4.79 Å². The third kappa shape index (κ3) is 0.903. The lowest BCUT2D eigenvalue weighted by Gasteiger charge is -1.94. The molecule has 1 aliphatic carbocycles. The van der Waals surface area contributed by atoms with Gasteiger partial charge in [0, 0.05) is 4.91 Å². The topological polar surface area (TPSA) is 49.7 Å². The number of carbonyl (C=O) groups is 1. The summed E-state index contributed by atoms with van der Waals surface area (Å²) in [5.74, 6) is -0.233. The van der Waals surface area contributed by atoms with Crippen molar-refractivity contribution in [1.82, 2.24) is 0 Å². The maximum absolute atomic E-state index is 10.6. The fourth-order valence-electron chi connectivity index (χ4n) is 1.07. The minimum atomic E-state index is -0.891. The summed E-state index contributed by atoms with van der Waals surface area (Å²) in [6.07, 6.45) is 3.41. The largest absolute Gasteiger partial charge is 0.478 e. The molecule has 1 heterocycles. The summed E-state index contributed by atoms with van der Waals surface area (Å²) in [6.45, 7) is 0. The third-order valence-corrected chi connectivity index (χ3v) is 2.46. The molecule has 56 valence electrons. The number of aliphatic imine (C=N–C) groups is 1.